The van der Waals surface area contributed by atoms with Crippen LogP contribution in [-0.2, 0) is 4.79 Å². The van der Waals surface area contributed by atoms with Crippen LogP contribution in [0.2, 0.25) is 5.02 Å². The van der Waals surface area contributed by atoms with Gasteiger partial charge in [0.05, 0.1) is 16.5 Å². The number of hydrogen-bond donors (Lipinski definition) is 2. The first-order chi connectivity index (χ1) is 8.99. The van der Waals surface area contributed by atoms with Crippen LogP contribution in [0.1, 0.15) is 23.2 Å². The lowest BCUT2D eigenvalue weighted by atomic mass is 9.96. The monoisotopic (exact) mass is 283 g/mol. The Kier molecular flexibility index (Phi) is 3.95. The van der Waals surface area contributed by atoms with E-state index in [0.29, 0.717) is 25.9 Å². The van der Waals surface area contributed by atoms with Gasteiger partial charge in [0, 0.05) is 13.1 Å². The molecule has 1 amide bonds. The van der Waals surface area contributed by atoms with Crippen molar-refractivity contribution in [1.29, 1.82) is 0 Å². The van der Waals surface area contributed by atoms with Crippen molar-refractivity contribution >= 4 is 23.5 Å². The fraction of sp³-hybridized carbons (Fsp3) is 0.385. The molecule has 0 saturated carbocycles. The first-order valence-corrected chi connectivity index (χ1v) is 6.37. The summed E-state index contributed by atoms with van der Waals surface area (Å²) in [5, 5.41) is 18.6. The molecule has 0 atom stereocenters. The third-order valence-electron chi connectivity index (χ3n) is 3.31. The van der Waals surface area contributed by atoms with Crippen molar-refractivity contribution in [3.05, 3.63) is 28.8 Å². The molecule has 1 saturated heterocycles. The van der Waals surface area contributed by atoms with E-state index in [4.69, 9.17) is 16.7 Å². The lowest BCUT2D eigenvalue weighted by molar-refractivity contribution is -0.143. The summed E-state index contributed by atoms with van der Waals surface area (Å²) in [5.41, 5.74) is 0.246. The second-order valence-corrected chi connectivity index (χ2v) is 4.98. The summed E-state index contributed by atoms with van der Waals surface area (Å²) < 4.78 is 0. The number of aliphatic carboxylic acids is 1. The Balaban J connectivity index is 2.09. The number of aromatic hydroxyl groups is 1. The largest absolute Gasteiger partial charge is 0.508 e. The van der Waals surface area contributed by atoms with Crippen molar-refractivity contribution < 1.29 is 19.8 Å². The maximum atomic E-state index is 12.2. The van der Waals surface area contributed by atoms with Gasteiger partial charge in [-0.1, -0.05) is 11.6 Å². The van der Waals surface area contributed by atoms with E-state index < -0.39 is 5.97 Å². The number of phenolic OH excluding ortho intramolecular Hbond substituents is 1. The van der Waals surface area contributed by atoms with Crippen molar-refractivity contribution in [2.45, 2.75) is 12.8 Å². The maximum absolute atomic E-state index is 12.2. The maximum Gasteiger partial charge on any atom is 0.306 e. The molecule has 19 heavy (non-hydrogen) atoms. The van der Waals surface area contributed by atoms with Crippen molar-refractivity contribution in [3.63, 3.8) is 0 Å². The minimum absolute atomic E-state index is 0.0202. The summed E-state index contributed by atoms with van der Waals surface area (Å²) in [6.45, 7) is 0.781. The first-order valence-electron chi connectivity index (χ1n) is 5.99. The Morgan fingerprint density at radius 3 is 2.47 bits per heavy atom. The van der Waals surface area contributed by atoms with E-state index in [-0.39, 0.29) is 28.2 Å². The highest BCUT2D eigenvalue weighted by atomic mass is 35.5. The molecule has 102 valence electrons. The van der Waals surface area contributed by atoms with E-state index in [2.05, 4.69) is 0 Å². The molecular formula is C13H14ClNO4. The molecule has 1 aromatic carbocycles. The fourth-order valence-electron chi connectivity index (χ4n) is 2.18. The van der Waals surface area contributed by atoms with Crippen LogP contribution >= 0.6 is 11.6 Å². The van der Waals surface area contributed by atoms with Gasteiger partial charge in [-0.05, 0) is 31.0 Å². The normalized spacial score (nSPS) is 16.4. The smallest absolute Gasteiger partial charge is 0.306 e. The van der Waals surface area contributed by atoms with Crippen molar-refractivity contribution in [2.75, 3.05) is 13.1 Å². The predicted molar refractivity (Wildman–Crippen MR) is 69.4 cm³/mol. The molecule has 5 nitrogen and oxygen atoms in total. The lowest BCUT2D eigenvalue weighted by Crippen LogP contribution is -2.40. The number of carboxylic acid groups (broad SMARTS) is 1. The van der Waals surface area contributed by atoms with E-state index in [0.717, 1.165) is 0 Å². The molecule has 2 N–H and O–H groups in total. The van der Waals surface area contributed by atoms with Crippen LogP contribution in [0.4, 0.5) is 0 Å². The van der Waals surface area contributed by atoms with Gasteiger partial charge < -0.3 is 15.1 Å². The van der Waals surface area contributed by atoms with E-state index in [1.807, 2.05) is 0 Å². The Morgan fingerprint density at radius 2 is 1.89 bits per heavy atom. The average molecular weight is 284 g/mol. The highest BCUT2D eigenvalue weighted by Crippen LogP contribution is 2.25. The highest BCUT2D eigenvalue weighted by Gasteiger charge is 2.28. The van der Waals surface area contributed by atoms with E-state index in [1.54, 1.807) is 4.90 Å². The van der Waals surface area contributed by atoms with Gasteiger partial charge in [0.25, 0.3) is 5.91 Å². The van der Waals surface area contributed by atoms with Crippen molar-refractivity contribution in [3.8, 4) is 5.75 Å². The number of likely N-dealkylation sites (tertiary alicyclic amines) is 1. The molecule has 0 aliphatic carbocycles. The topological polar surface area (TPSA) is 77.8 Å². The van der Waals surface area contributed by atoms with E-state index in [9.17, 15) is 14.7 Å². The van der Waals surface area contributed by atoms with Gasteiger partial charge in [-0.15, -0.1) is 0 Å². The second-order valence-electron chi connectivity index (χ2n) is 4.57. The number of piperidine rings is 1. The summed E-state index contributed by atoms with van der Waals surface area (Å²) in [7, 11) is 0. The van der Waals surface area contributed by atoms with Crippen LogP contribution in [0.5, 0.6) is 5.75 Å². The molecule has 0 spiro atoms. The quantitative estimate of drug-likeness (QED) is 0.870. The molecule has 0 bridgehead atoms. The molecule has 0 unspecified atom stereocenters. The third kappa shape index (κ3) is 2.98. The van der Waals surface area contributed by atoms with Gasteiger partial charge >= 0.3 is 5.97 Å². The summed E-state index contributed by atoms with van der Waals surface area (Å²) >= 11 is 5.94. The molecule has 2 rings (SSSR count). The molecule has 1 fully saturated rings. The number of carboxylic acids is 1. The van der Waals surface area contributed by atoms with E-state index in [1.165, 1.54) is 18.2 Å². The molecule has 6 heteroatoms. The minimum atomic E-state index is -0.817. The van der Waals surface area contributed by atoms with E-state index >= 15 is 0 Å². The molecule has 1 aliphatic rings. The van der Waals surface area contributed by atoms with Gasteiger partial charge in [-0.2, -0.15) is 0 Å². The van der Waals surface area contributed by atoms with Crippen LogP contribution in [-0.4, -0.2) is 40.1 Å². The molecule has 1 aromatic rings. The fourth-order valence-corrected chi connectivity index (χ4v) is 2.38. The number of phenols is 1. The zero-order valence-electron chi connectivity index (χ0n) is 10.2. The zero-order chi connectivity index (χ0) is 14.0. The van der Waals surface area contributed by atoms with Gasteiger partial charge in [0.1, 0.15) is 5.75 Å². The zero-order valence-corrected chi connectivity index (χ0v) is 10.9. The number of rotatable bonds is 2. The number of carbonyl (C=O) groups excluding carboxylic acids is 1. The van der Waals surface area contributed by atoms with Crippen molar-refractivity contribution in [2.24, 2.45) is 5.92 Å². The van der Waals surface area contributed by atoms with Crippen LogP contribution < -0.4 is 0 Å². The van der Waals surface area contributed by atoms with Crippen LogP contribution in [0.3, 0.4) is 0 Å². The lowest BCUT2D eigenvalue weighted by Gasteiger charge is -2.30. The van der Waals surface area contributed by atoms with Crippen molar-refractivity contribution in [1.82, 2.24) is 4.90 Å². The Hall–Kier alpha value is -1.75. The second kappa shape index (κ2) is 5.48. The number of carbonyl (C=O) groups is 2. The van der Waals surface area contributed by atoms with Crippen LogP contribution in [0, 0.1) is 5.92 Å². The summed E-state index contributed by atoms with van der Waals surface area (Å²) in [5.74, 6) is -1.50. The number of amides is 1. The number of nitrogens with zero attached hydrogens (tertiary/aromatic N) is 1. The van der Waals surface area contributed by atoms with Gasteiger partial charge in [0.15, 0.2) is 0 Å². The Bertz CT molecular complexity index is 509. The number of benzene rings is 1. The standard InChI is InChI=1S/C13H14ClNO4/c14-11-2-1-9(16)7-10(11)12(17)15-5-3-8(4-6-15)13(18)19/h1-2,7-8,16H,3-6H2,(H,18,19). The Morgan fingerprint density at radius 1 is 1.26 bits per heavy atom. The molecule has 0 radical (unpaired) electrons. The number of halogens is 1. The molecule has 1 heterocycles. The van der Waals surface area contributed by atoms with Gasteiger partial charge in [-0.25, -0.2) is 0 Å². The molecular weight excluding hydrogens is 270 g/mol. The molecule has 0 aromatic heterocycles. The summed E-state index contributed by atoms with van der Waals surface area (Å²) in [6.07, 6.45) is 0.884. The SMILES string of the molecule is O=C(O)C1CCN(C(=O)c2cc(O)ccc2Cl)CC1. The Labute approximate surface area is 115 Å². The van der Waals surface area contributed by atoms with Crippen LogP contribution in [0.15, 0.2) is 18.2 Å². The first kappa shape index (κ1) is 13.7. The van der Waals surface area contributed by atoms with Gasteiger partial charge in [-0.3, -0.25) is 9.59 Å². The molecule has 1 aliphatic heterocycles. The summed E-state index contributed by atoms with van der Waals surface area (Å²) in [6, 6.07) is 4.21. The number of hydrogen-bond acceptors (Lipinski definition) is 3. The van der Waals surface area contributed by atoms with Gasteiger partial charge in [0.2, 0.25) is 0 Å². The third-order valence-corrected chi connectivity index (χ3v) is 3.64. The van der Waals surface area contributed by atoms with Crippen LogP contribution in [0.25, 0.3) is 0 Å². The predicted octanol–water partition coefficient (Wildman–Crippen LogP) is 1.98. The summed E-state index contributed by atoms with van der Waals surface area (Å²) in [4.78, 5) is 24.6. The highest BCUT2D eigenvalue weighted by molar-refractivity contribution is 6.33. The minimum Gasteiger partial charge on any atom is -0.508 e. The average Bonchev–Trinajstić information content (AvgIpc) is 2.41.